The maximum Gasteiger partial charge on any atom is 0.312 e. The highest BCUT2D eigenvalue weighted by molar-refractivity contribution is 6.31. The highest BCUT2D eigenvalue weighted by Crippen LogP contribution is 2.53. The molecule has 25 heavy (non-hydrogen) atoms. The van der Waals surface area contributed by atoms with Gasteiger partial charge in [-0.3, -0.25) is 9.59 Å². The van der Waals surface area contributed by atoms with Gasteiger partial charge in [0.05, 0.1) is 25.2 Å². The van der Waals surface area contributed by atoms with Gasteiger partial charge in [0.25, 0.3) is 0 Å². The van der Waals surface area contributed by atoms with Crippen molar-refractivity contribution in [3.8, 4) is 0 Å². The molecule has 4 rings (SSSR count). The van der Waals surface area contributed by atoms with Crippen molar-refractivity contribution in [1.29, 1.82) is 0 Å². The van der Waals surface area contributed by atoms with Crippen LogP contribution < -0.4 is 4.90 Å². The molecule has 2 saturated heterocycles. The average molecular weight is 362 g/mol. The molecule has 4 atom stereocenters. The van der Waals surface area contributed by atoms with E-state index in [2.05, 4.69) is 0 Å². The van der Waals surface area contributed by atoms with Crippen LogP contribution in [0.4, 0.5) is 5.69 Å². The number of hydrogen-bond acceptors (Lipinski definition) is 4. The molecule has 3 heterocycles. The summed E-state index contributed by atoms with van der Waals surface area (Å²) in [6.45, 7) is 2.81. The predicted octanol–water partition coefficient (Wildman–Crippen LogP) is 2.97. The molecule has 3 aliphatic rings. The van der Waals surface area contributed by atoms with Gasteiger partial charge >= 0.3 is 5.97 Å². The van der Waals surface area contributed by atoms with Crippen LogP contribution >= 0.6 is 11.6 Å². The lowest BCUT2D eigenvalue weighted by Crippen LogP contribution is -2.40. The van der Waals surface area contributed by atoms with Crippen LogP contribution in [-0.4, -0.2) is 36.7 Å². The Kier molecular flexibility index (Phi) is 4.08. The Labute approximate surface area is 151 Å². The summed E-state index contributed by atoms with van der Waals surface area (Å²) in [5.41, 5.74) is -0.0155. The van der Waals surface area contributed by atoms with Crippen LogP contribution in [0.1, 0.15) is 19.8 Å². The summed E-state index contributed by atoms with van der Waals surface area (Å²) in [6, 6.07) is 7.16. The van der Waals surface area contributed by atoms with Crippen LogP contribution in [-0.2, 0) is 19.1 Å². The standard InChI is InChI=1S/C19H20ClNO4/c1-2-3-9-24-18(23)15-14-7-8-19(25-14)11-21(17(22)16(15)19)13-6-4-5-12(20)10-13/h4-8,10,14-16H,2-3,9,11H2,1H3/t14-,15-,16-,19+/m0/s1. The summed E-state index contributed by atoms with van der Waals surface area (Å²) in [5, 5.41) is 0.566. The fourth-order valence-corrected chi connectivity index (χ4v) is 4.23. The van der Waals surface area contributed by atoms with Gasteiger partial charge in [-0.2, -0.15) is 0 Å². The third-order valence-electron chi connectivity index (χ3n) is 5.23. The summed E-state index contributed by atoms with van der Waals surface area (Å²) in [7, 11) is 0. The van der Waals surface area contributed by atoms with Gasteiger partial charge in [-0.05, 0) is 24.6 Å². The lowest BCUT2D eigenvalue weighted by atomic mass is 9.77. The number of unbranched alkanes of at least 4 members (excludes halogenated alkanes) is 1. The molecule has 1 spiro atoms. The van der Waals surface area contributed by atoms with E-state index in [1.807, 2.05) is 25.1 Å². The molecule has 3 aliphatic heterocycles. The number of carbonyl (C=O) groups excluding carboxylic acids is 2. The number of amides is 1. The molecular formula is C19H20ClNO4. The van der Waals surface area contributed by atoms with Gasteiger partial charge in [-0.1, -0.05) is 43.2 Å². The lowest BCUT2D eigenvalue weighted by Gasteiger charge is -2.22. The molecule has 6 heteroatoms. The lowest BCUT2D eigenvalue weighted by molar-refractivity contribution is -0.152. The molecule has 0 unspecified atom stereocenters. The second kappa shape index (κ2) is 6.15. The van der Waals surface area contributed by atoms with Crippen molar-refractivity contribution in [2.75, 3.05) is 18.1 Å². The number of esters is 1. The normalized spacial score (nSPS) is 32.3. The Morgan fingerprint density at radius 3 is 3.08 bits per heavy atom. The molecule has 1 aromatic rings. The molecule has 5 nitrogen and oxygen atoms in total. The SMILES string of the molecule is CCCCOC(=O)[C@H]1[C@@H]2C=C[C@]3(CN(c4cccc(Cl)c4)C(=O)[C@H]13)O2. The molecule has 0 saturated carbocycles. The van der Waals surface area contributed by atoms with E-state index in [-0.39, 0.29) is 18.0 Å². The number of anilines is 1. The third kappa shape index (κ3) is 2.57. The summed E-state index contributed by atoms with van der Waals surface area (Å²) >= 11 is 6.06. The monoisotopic (exact) mass is 361 g/mol. The summed E-state index contributed by atoms with van der Waals surface area (Å²) in [6.07, 6.45) is 5.22. The van der Waals surface area contributed by atoms with E-state index in [1.165, 1.54) is 0 Å². The minimum Gasteiger partial charge on any atom is -0.465 e. The number of nitrogens with zero attached hydrogens (tertiary/aromatic N) is 1. The number of carbonyl (C=O) groups is 2. The smallest absolute Gasteiger partial charge is 0.312 e. The zero-order valence-electron chi connectivity index (χ0n) is 14.0. The first kappa shape index (κ1) is 16.6. The van der Waals surface area contributed by atoms with Gasteiger partial charge in [0, 0.05) is 10.7 Å². The molecule has 132 valence electrons. The van der Waals surface area contributed by atoms with Crippen molar-refractivity contribution in [2.45, 2.75) is 31.5 Å². The van der Waals surface area contributed by atoms with Crippen LogP contribution in [0.2, 0.25) is 5.02 Å². The van der Waals surface area contributed by atoms with E-state index in [0.29, 0.717) is 18.2 Å². The number of fused-ring (bicyclic) bond motifs is 1. The van der Waals surface area contributed by atoms with E-state index >= 15 is 0 Å². The number of halogens is 1. The highest BCUT2D eigenvalue weighted by Gasteiger charge is 2.67. The van der Waals surface area contributed by atoms with Crippen LogP contribution in [0.3, 0.4) is 0 Å². The van der Waals surface area contributed by atoms with Crippen LogP contribution in [0.25, 0.3) is 0 Å². The minimum absolute atomic E-state index is 0.105. The molecule has 1 aromatic carbocycles. The van der Waals surface area contributed by atoms with E-state index in [0.717, 1.165) is 18.5 Å². The van der Waals surface area contributed by atoms with Crippen molar-refractivity contribution >= 4 is 29.2 Å². The summed E-state index contributed by atoms with van der Waals surface area (Å²) in [4.78, 5) is 27.3. The Bertz CT molecular complexity index is 749. The molecule has 0 N–H and O–H groups in total. The topological polar surface area (TPSA) is 55.8 Å². The van der Waals surface area contributed by atoms with E-state index < -0.39 is 17.4 Å². The van der Waals surface area contributed by atoms with Crippen molar-refractivity contribution in [3.63, 3.8) is 0 Å². The molecular weight excluding hydrogens is 342 g/mol. The van der Waals surface area contributed by atoms with Crippen molar-refractivity contribution in [1.82, 2.24) is 0 Å². The van der Waals surface area contributed by atoms with Gasteiger partial charge in [-0.25, -0.2) is 0 Å². The fourth-order valence-electron chi connectivity index (χ4n) is 4.04. The zero-order valence-corrected chi connectivity index (χ0v) is 14.7. The van der Waals surface area contributed by atoms with Gasteiger partial charge in [0.15, 0.2) is 0 Å². The highest BCUT2D eigenvalue weighted by atomic mass is 35.5. The van der Waals surface area contributed by atoms with Crippen LogP contribution in [0, 0.1) is 11.8 Å². The third-order valence-corrected chi connectivity index (χ3v) is 5.47. The maximum absolute atomic E-state index is 13.1. The van der Waals surface area contributed by atoms with E-state index in [1.54, 1.807) is 23.1 Å². The summed E-state index contributed by atoms with van der Waals surface area (Å²) in [5.74, 6) is -1.54. The van der Waals surface area contributed by atoms with Gasteiger partial charge < -0.3 is 14.4 Å². The number of hydrogen-bond donors (Lipinski definition) is 0. The Balaban J connectivity index is 1.60. The molecule has 2 bridgehead atoms. The predicted molar refractivity (Wildman–Crippen MR) is 93.4 cm³/mol. The van der Waals surface area contributed by atoms with Gasteiger partial charge in [0.2, 0.25) is 5.91 Å². The van der Waals surface area contributed by atoms with Crippen LogP contribution in [0.5, 0.6) is 0 Å². The quantitative estimate of drug-likeness (QED) is 0.459. The molecule has 0 radical (unpaired) electrons. The Morgan fingerprint density at radius 2 is 2.32 bits per heavy atom. The number of rotatable bonds is 5. The van der Waals surface area contributed by atoms with Gasteiger partial charge in [-0.15, -0.1) is 0 Å². The Morgan fingerprint density at radius 1 is 1.48 bits per heavy atom. The first-order chi connectivity index (χ1) is 12.1. The van der Waals surface area contributed by atoms with Crippen molar-refractivity contribution in [3.05, 3.63) is 41.4 Å². The minimum atomic E-state index is -0.738. The van der Waals surface area contributed by atoms with E-state index in [9.17, 15) is 9.59 Å². The largest absolute Gasteiger partial charge is 0.465 e. The van der Waals surface area contributed by atoms with E-state index in [4.69, 9.17) is 21.1 Å². The Hall–Kier alpha value is -1.85. The first-order valence-corrected chi connectivity index (χ1v) is 9.04. The number of ether oxygens (including phenoxy) is 2. The zero-order chi connectivity index (χ0) is 17.6. The molecule has 1 amide bonds. The molecule has 2 fully saturated rings. The van der Waals surface area contributed by atoms with Crippen LogP contribution in [0.15, 0.2) is 36.4 Å². The summed E-state index contributed by atoms with van der Waals surface area (Å²) < 4.78 is 11.5. The van der Waals surface area contributed by atoms with Crippen molar-refractivity contribution in [2.24, 2.45) is 11.8 Å². The van der Waals surface area contributed by atoms with Crippen molar-refractivity contribution < 1.29 is 19.1 Å². The number of benzene rings is 1. The fraction of sp³-hybridized carbons (Fsp3) is 0.474. The first-order valence-electron chi connectivity index (χ1n) is 8.66. The second-order valence-corrected chi connectivity index (χ2v) is 7.26. The molecule has 0 aromatic heterocycles. The second-order valence-electron chi connectivity index (χ2n) is 6.83. The average Bonchev–Trinajstić information content (AvgIpc) is 3.23. The van der Waals surface area contributed by atoms with Gasteiger partial charge in [0.1, 0.15) is 11.5 Å². The maximum atomic E-state index is 13.1. The molecule has 0 aliphatic carbocycles.